The van der Waals surface area contributed by atoms with Crippen molar-refractivity contribution in [1.29, 1.82) is 0 Å². The molecular weight excluding hydrogens is 406 g/mol. The fraction of sp³-hybridized carbons (Fsp3) is 0.320. The number of benzene rings is 2. The molecule has 2 heterocycles. The maximum Gasteiger partial charge on any atom is 0.261 e. The van der Waals surface area contributed by atoms with Gasteiger partial charge in [0.25, 0.3) is 5.56 Å². The monoisotopic (exact) mass is 431 g/mol. The van der Waals surface area contributed by atoms with Crippen LogP contribution in [0.4, 0.5) is 0 Å². The van der Waals surface area contributed by atoms with E-state index in [0.29, 0.717) is 11.8 Å². The molecule has 2 aromatic heterocycles. The molecule has 1 aliphatic carbocycles. The highest BCUT2D eigenvalue weighted by atomic mass is 32.2. The molecule has 0 radical (unpaired) electrons. The highest BCUT2D eigenvalue weighted by Gasteiger charge is 2.26. The molecule has 2 unspecified atom stereocenters. The zero-order valence-electron chi connectivity index (χ0n) is 17.5. The second-order valence-corrected chi connectivity index (χ2v) is 9.07. The van der Waals surface area contributed by atoms with Gasteiger partial charge in [0, 0.05) is 11.6 Å². The number of rotatable bonds is 4. The third kappa shape index (κ3) is 3.75. The van der Waals surface area contributed by atoms with Gasteiger partial charge in [0.15, 0.2) is 0 Å². The highest BCUT2D eigenvalue weighted by Crippen LogP contribution is 2.30. The van der Waals surface area contributed by atoms with Crippen molar-refractivity contribution < 1.29 is 5.11 Å². The van der Waals surface area contributed by atoms with Crippen molar-refractivity contribution in [1.82, 2.24) is 14.5 Å². The number of aliphatic hydroxyl groups excluding tert-OH is 1. The molecule has 0 amide bonds. The molecule has 1 saturated carbocycles. The van der Waals surface area contributed by atoms with E-state index in [-0.39, 0.29) is 11.6 Å². The Bertz CT molecular complexity index is 1300. The Morgan fingerprint density at radius 3 is 2.61 bits per heavy atom. The molecule has 31 heavy (non-hydrogen) atoms. The molecule has 4 aromatic rings. The van der Waals surface area contributed by atoms with Crippen LogP contribution in [-0.4, -0.2) is 32.0 Å². The van der Waals surface area contributed by atoms with Crippen molar-refractivity contribution in [3.05, 3.63) is 76.5 Å². The van der Waals surface area contributed by atoms with Crippen LogP contribution in [0, 0.1) is 0 Å². The molecule has 2 aromatic carbocycles. The van der Waals surface area contributed by atoms with E-state index in [1.54, 1.807) is 22.7 Å². The Morgan fingerprint density at radius 2 is 1.87 bits per heavy atom. The number of pyridine rings is 1. The van der Waals surface area contributed by atoms with E-state index in [4.69, 9.17) is 0 Å². The van der Waals surface area contributed by atoms with E-state index >= 15 is 0 Å². The van der Waals surface area contributed by atoms with Gasteiger partial charge < -0.3 is 5.11 Å². The van der Waals surface area contributed by atoms with E-state index in [9.17, 15) is 9.90 Å². The van der Waals surface area contributed by atoms with Crippen LogP contribution in [0.15, 0.2) is 64.8 Å². The summed E-state index contributed by atoms with van der Waals surface area (Å²) in [7, 11) is 0. The van der Waals surface area contributed by atoms with Crippen molar-refractivity contribution in [2.75, 3.05) is 6.26 Å². The normalized spacial score (nSPS) is 19.2. The van der Waals surface area contributed by atoms with Crippen molar-refractivity contribution >= 4 is 33.4 Å². The molecule has 0 bridgehead atoms. The standard InChI is InChI=1S/C25H25N3O2S/c1-31-23-11-10-16(14-26-23)12-17-13-20-24(19-7-3-2-6-18(17)19)27-15-28(25(20)30)21-8-4-5-9-22(21)29/h2-3,6-7,10-11,13-15,21-22,29H,4-5,8-9,12H2,1H3. The smallest absolute Gasteiger partial charge is 0.261 e. The van der Waals surface area contributed by atoms with Gasteiger partial charge in [-0.1, -0.05) is 43.2 Å². The molecule has 2 atom stereocenters. The Hall–Kier alpha value is -2.70. The minimum absolute atomic E-state index is 0.0705. The first kappa shape index (κ1) is 20.2. The van der Waals surface area contributed by atoms with E-state index in [1.807, 2.05) is 42.8 Å². The van der Waals surface area contributed by atoms with Gasteiger partial charge in [-0.2, -0.15) is 0 Å². The van der Waals surface area contributed by atoms with Gasteiger partial charge in [-0.15, -0.1) is 11.8 Å². The van der Waals surface area contributed by atoms with Crippen molar-refractivity contribution in [2.45, 2.75) is 49.3 Å². The molecule has 158 valence electrons. The summed E-state index contributed by atoms with van der Waals surface area (Å²) in [4.78, 5) is 22.7. The molecule has 5 nitrogen and oxygen atoms in total. The molecule has 6 heteroatoms. The number of hydrogen-bond donors (Lipinski definition) is 1. The van der Waals surface area contributed by atoms with Crippen molar-refractivity contribution in [3.63, 3.8) is 0 Å². The Balaban J connectivity index is 1.67. The molecule has 5 rings (SSSR count). The van der Waals surface area contributed by atoms with Crippen LogP contribution in [0.5, 0.6) is 0 Å². The third-order valence-corrected chi connectivity index (χ3v) is 6.99. The van der Waals surface area contributed by atoms with E-state index < -0.39 is 6.10 Å². The Kier molecular flexibility index (Phi) is 5.50. The van der Waals surface area contributed by atoms with Crippen LogP contribution < -0.4 is 5.56 Å². The van der Waals surface area contributed by atoms with Crippen LogP contribution in [0.3, 0.4) is 0 Å². The lowest BCUT2D eigenvalue weighted by Gasteiger charge is -2.29. The second-order valence-electron chi connectivity index (χ2n) is 8.24. The van der Waals surface area contributed by atoms with Crippen molar-refractivity contribution in [2.24, 2.45) is 0 Å². The van der Waals surface area contributed by atoms with Gasteiger partial charge in [0.1, 0.15) is 0 Å². The first-order valence-corrected chi connectivity index (χ1v) is 12.0. The third-order valence-electron chi connectivity index (χ3n) is 6.33. The summed E-state index contributed by atoms with van der Waals surface area (Å²) in [6, 6.07) is 14.0. The predicted molar refractivity (Wildman–Crippen MR) is 126 cm³/mol. The van der Waals surface area contributed by atoms with Gasteiger partial charge in [0.2, 0.25) is 0 Å². The molecule has 1 aliphatic rings. The predicted octanol–water partition coefficient (Wildman–Crippen LogP) is 4.73. The van der Waals surface area contributed by atoms with E-state index in [1.165, 1.54) is 0 Å². The first-order chi connectivity index (χ1) is 15.2. The van der Waals surface area contributed by atoms with Crippen LogP contribution in [0.25, 0.3) is 21.7 Å². The number of aromatic nitrogens is 3. The second kappa shape index (κ2) is 8.44. The van der Waals surface area contributed by atoms with Crippen LogP contribution in [0.1, 0.15) is 42.9 Å². The summed E-state index contributed by atoms with van der Waals surface area (Å²) >= 11 is 1.62. The number of aliphatic hydroxyl groups is 1. The first-order valence-electron chi connectivity index (χ1n) is 10.7. The van der Waals surface area contributed by atoms with Gasteiger partial charge in [-0.05, 0) is 54.2 Å². The number of fused-ring (bicyclic) bond motifs is 3. The van der Waals surface area contributed by atoms with Gasteiger partial charge in [-0.3, -0.25) is 9.36 Å². The topological polar surface area (TPSA) is 68.0 Å². The summed E-state index contributed by atoms with van der Waals surface area (Å²) in [5.74, 6) is 0. The highest BCUT2D eigenvalue weighted by molar-refractivity contribution is 7.98. The van der Waals surface area contributed by atoms with E-state index in [2.05, 4.69) is 22.1 Å². The molecule has 0 spiro atoms. The zero-order valence-corrected chi connectivity index (χ0v) is 18.3. The summed E-state index contributed by atoms with van der Waals surface area (Å²) in [5, 5.41) is 14.2. The van der Waals surface area contributed by atoms with E-state index in [0.717, 1.165) is 58.1 Å². The quantitative estimate of drug-likeness (QED) is 0.374. The lowest BCUT2D eigenvalue weighted by molar-refractivity contribution is 0.0735. The fourth-order valence-electron chi connectivity index (χ4n) is 4.70. The Labute approximate surface area is 185 Å². The molecule has 0 aliphatic heterocycles. The number of thioether (sulfide) groups is 1. The van der Waals surface area contributed by atoms with Gasteiger partial charge in [-0.25, -0.2) is 9.97 Å². The largest absolute Gasteiger partial charge is 0.391 e. The average Bonchev–Trinajstić information content (AvgIpc) is 2.81. The minimum atomic E-state index is -0.494. The lowest BCUT2D eigenvalue weighted by atomic mass is 9.92. The summed E-state index contributed by atoms with van der Waals surface area (Å²) in [5.41, 5.74) is 2.84. The summed E-state index contributed by atoms with van der Waals surface area (Å²) < 4.78 is 1.65. The van der Waals surface area contributed by atoms with Crippen LogP contribution in [-0.2, 0) is 6.42 Å². The lowest BCUT2D eigenvalue weighted by Crippen LogP contribution is -2.34. The summed E-state index contributed by atoms with van der Waals surface area (Å²) in [6.07, 6.45) is 9.32. The maximum atomic E-state index is 13.5. The fourth-order valence-corrected chi connectivity index (χ4v) is 5.07. The molecule has 0 saturated heterocycles. The number of hydrogen-bond acceptors (Lipinski definition) is 5. The maximum absolute atomic E-state index is 13.5. The van der Waals surface area contributed by atoms with Gasteiger partial charge in [0.05, 0.1) is 34.4 Å². The molecule has 1 N–H and O–H groups in total. The van der Waals surface area contributed by atoms with Gasteiger partial charge >= 0.3 is 0 Å². The Morgan fingerprint density at radius 1 is 1.06 bits per heavy atom. The summed E-state index contributed by atoms with van der Waals surface area (Å²) in [6.45, 7) is 0. The minimum Gasteiger partial charge on any atom is -0.391 e. The van der Waals surface area contributed by atoms with Crippen LogP contribution in [0.2, 0.25) is 0 Å². The average molecular weight is 432 g/mol. The number of nitrogens with zero attached hydrogens (tertiary/aromatic N) is 3. The SMILES string of the molecule is CSc1ccc(Cc2cc3c(=O)n(C4CCCCC4O)cnc3c3ccccc23)cn1. The molecular formula is C25H25N3O2S. The zero-order chi connectivity index (χ0) is 21.4. The van der Waals surface area contributed by atoms with Crippen LogP contribution >= 0.6 is 11.8 Å². The van der Waals surface area contributed by atoms with Crippen molar-refractivity contribution in [3.8, 4) is 0 Å². The molecule has 1 fully saturated rings.